The SMILES string of the molecule is CCCCN/C(=C\C(=O)C=C(C)C)CCC. The lowest BCUT2D eigenvalue weighted by Gasteiger charge is -2.08. The Bertz CT molecular complexity index is 260. The number of unbranched alkanes of at least 4 members (excludes halogenated alkanes) is 1. The highest BCUT2D eigenvalue weighted by atomic mass is 16.1. The highest BCUT2D eigenvalue weighted by Crippen LogP contribution is 2.03. The number of ketones is 1. The standard InChI is InChI=1S/C14H25NO/c1-5-7-9-15-13(8-6-2)11-14(16)10-12(3)4/h10-11,15H,5-9H2,1-4H3/b13-11-. The van der Waals surface area contributed by atoms with E-state index in [-0.39, 0.29) is 5.78 Å². The third kappa shape index (κ3) is 8.27. The van der Waals surface area contributed by atoms with Gasteiger partial charge in [0.15, 0.2) is 5.78 Å². The lowest BCUT2D eigenvalue weighted by molar-refractivity contribution is -0.110. The molecular weight excluding hydrogens is 198 g/mol. The Morgan fingerprint density at radius 1 is 1.12 bits per heavy atom. The molecule has 2 heteroatoms. The molecule has 0 aromatic rings. The molecule has 16 heavy (non-hydrogen) atoms. The Balaban J connectivity index is 4.32. The first kappa shape index (κ1) is 14.9. The molecule has 0 unspecified atom stereocenters. The van der Waals surface area contributed by atoms with Crippen LogP contribution in [-0.4, -0.2) is 12.3 Å². The van der Waals surface area contributed by atoms with Crippen molar-refractivity contribution in [3.8, 4) is 0 Å². The van der Waals surface area contributed by atoms with Crippen LogP contribution in [-0.2, 0) is 4.79 Å². The monoisotopic (exact) mass is 223 g/mol. The van der Waals surface area contributed by atoms with Gasteiger partial charge in [0.2, 0.25) is 0 Å². The van der Waals surface area contributed by atoms with Crippen LogP contribution in [0.4, 0.5) is 0 Å². The van der Waals surface area contributed by atoms with Gasteiger partial charge in [0.05, 0.1) is 0 Å². The minimum absolute atomic E-state index is 0.0902. The zero-order valence-corrected chi connectivity index (χ0v) is 11.1. The van der Waals surface area contributed by atoms with Crippen LogP contribution in [0.5, 0.6) is 0 Å². The van der Waals surface area contributed by atoms with E-state index in [0.29, 0.717) is 0 Å². The summed E-state index contributed by atoms with van der Waals surface area (Å²) < 4.78 is 0. The quantitative estimate of drug-likeness (QED) is 0.503. The molecule has 0 aromatic carbocycles. The van der Waals surface area contributed by atoms with Gasteiger partial charge in [0, 0.05) is 18.3 Å². The molecule has 0 fully saturated rings. The molecule has 0 spiro atoms. The average Bonchev–Trinajstić information content (AvgIpc) is 2.16. The Hall–Kier alpha value is -1.05. The molecule has 0 saturated carbocycles. The zero-order valence-electron chi connectivity index (χ0n) is 11.1. The van der Waals surface area contributed by atoms with Crippen LogP contribution in [0.3, 0.4) is 0 Å². The second-order valence-corrected chi connectivity index (χ2v) is 4.32. The Labute approximate surface area is 99.8 Å². The predicted molar refractivity (Wildman–Crippen MR) is 70.3 cm³/mol. The fourth-order valence-corrected chi connectivity index (χ4v) is 1.40. The van der Waals surface area contributed by atoms with E-state index in [0.717, 1.165) is 37.1 Å². The Morgan fingerprint density at radius 3 is 2.31 bits per heavy atom. The highest BCUT2D eigenvalue weighted by Gasteiger charge is 1.98. The molecule has 0 aliphatic heterocycles. The maximum atomic E-state index is 11.6. The fourth-order valence-electron chi connectivity index (χ4n) is 1.40. The van der Waals surface area contributed by atoms with Crippen LogP contribution in [0.2, 0.25) is 0 Å². The summed E-state index contributed by atoms with van der Waals surface area (Å²) in [7, 11) is 0. The van der Waals surface area contributed by atoms with Crippen molar-refractivity contribution in [3.63, 3.8) is 0 Å². The molecule has 0 aromatic heterocycles. The highest BCUT2D eigenvalue weighted by molar-refractivity contribution is 5.99. The first-order valence-corrected chi connectivity index (χ1v) is 6.23. The molecule has 0 bridgehead atoms. The van der Waals surface area contributed by atoms with Crippen molar-refractivity contribution in [2.75, 3.05) is 6.54 Å². The fraction of sp³-hybridized carbons (Fsp3) is 0.643. The second kappa shape index (κ2) is 9.20. The Kier molecular flexibility index (Phi) is 8.59. The molecule has 0 atom stereocenters. The van der Waals surface area contributed by atoms with E-state index in [1.165, 1.54) is 6.42 Å². The first-order chi connectivity index (χ1) is 7.60. The number of rotatable bonds is 8. The molecular formula is C14H25NO. The number of nitrogens with one attached hydrogen (secondary N) is 1. The largest absolute Gasteiger partial charge is 0.388 e. The third-order valence-electron chi connectivity index (χ3n) is 2.15. The molecule has 0 aliphatic carbocycles. The lowest BCUT2D eigenvalue weighted by Crippen LogP contribution is -2.15. The van der Waals surface area contributed by atoms with E-state index in [9.17, 15) is 4.79 Å². The normalized spacial score (nSPS) is 11.1. The zero-order chi connectivity index (χ0) is 12.4. The molecule has 1 N–H and O–H groups in total. The maximum absolute atomic E-state index is 11.6. The van der Waals surface area contributed by atoms with E-state index in [1.807, 2.05) is 13.8 Å². The predicted octanol–water partition coefficient (Wildman–Crippen LogP) is 3.60. The van der Waals surface area contributed by atoms with Gasteiger partial charge in [-0.05, 0) is 32.8 Å². The number of carbonyl (C=O) groups is 1. The smallest absolute Gasteiger partial charge is 0.180 e. The lowest BCUT2D eigenvalue weighted by atomic mass is 10.1. The minimum Gasteiger partial charge on any atom is -0.388 e. The van der Waals surface area contributed by atoms with Gasteiger partial charge in [-0.15, -0.1) is 0 Å². The minimum atomic E-state index is 0.0902. The number of hydrogen-bond acceptors (Lipinski definition) is 2. The van der Waals surface area contributed by atoms with E-state index in [2.05, 4.69) is 19.2 Å². The summed E-state index contributed by atoms with van der Waals surface area (Å²) in [5.41, 5.74) is 2.11. The molecule has 0 rings (SSSR count). The summed E-state index contributed by atoms with van der Waals surface area (Å²) in [6, 6.07) is 0. The van der Waals surface area contributed by atoms with Crippen molar-refractivity contribution in [3.05, 3.63) is 23.4 Å². The van der Waals surface area contributed by atoms with Crippen molar-refractivity contribution in [1.29, 1.82) is 0 Å². The van der Waals surface area contributed by atoms with Crippen LogP contribution in [0.1, 0.15) is 53.4 Å². The van der Waals surface area contributed by atoms with E-state index in [4.69, 9.17) is 0 Å². The van der Waals surface area contributed by atoms with E-state index >= 15 is 0 Å². The molecule has 0 amide bonds. The molecule has 2 nitrogen and oxygen atoms in total. The van der Waals surface area contributed by atoms with Gasteiger partial charge in [-0.1, -0.05) is 32.3 Å². The van der Waals surface area contributed by atoms with Crippen molar-refractivity contribution in [2.45, 2.75) is 53.4 Å². The van der Waals surface area contributed by atoms with Crippen LogP contribution in [0.25, 0.3) is 0 Å². The van der Waals surface area contributed by atoms with Gasteiger partial charge in [-0.25, -0.2) is 0 Å². The first-order valence-electron chi connectivity index (χ1n) is 6.23. The van der Waals surface area contributed by atoms with Gasteiger partial charge in [-0.2, -0.15) is 0 Å². The van der Waals surface area contributed by atoms with Crippen LogP contribution in [0.15, 0.2) is 23.4 Å². The number of allylic oxidation sites excluding steroid dienone is 4. The van der Waals surface area contributed by atoms with Gasteiger partial charge >= 0.3 is 0 Å². The van der Waals surface area contributed by atoms with Gasteiger partial charge in [0.1, 0.15) is 0 Å². The summed E-state index contributed by atoms with van der Waals surface area (Å²) in [5.74, 6) is 0.0902. The van der Waals surface area contributed by atoms with Crippen molar-refractivity contribution < 1.29 is 4.79 Å². The number of hydrogen-bond donors (Lipinski definition) is 1. The maximum Gasteiger partial charge on any atom is 0.180 e. The van der Waals surface area contributed by atoms with Gasteiger partial charge < -0.3 is 5.32 Å². The molecule has 0 saturated heterocycles. The summed E-state index contributed by atoms with van der Waals surface area (Å²) >= 11 is 0. The van der Waals surface area contributed by atoms with Crippen LogP contribution in [0, 0.1) is 0 Å². The summed E-state index contributed by atoms with van der Waals surface area (Å²) in [4.78, 5) is 11.6. The van der Waals surface area contributed by atoms with Crippen molar-refractivity contribution in [1.82, 2.24) is 5.32 Å². The molecule has 0 radical (unpaired) electrons. The third-order valence-corrected chi connectivity index (χ3v) is 2.15. The molecule has 0 heterocycles. The second-order valence-electron chi connectivity index (χ2n) is 4.32. The van der Waals surface area contributed by atoms with E-state index in [1.54, 1.807) is 12.2 Å². The summed E-state index contributed by atoms with van der Waals surface area (Å²) in [6.45, 7) is 9.13. The van der Waals surface area contributed by atoms with Crippen molar-refractivity contribution >= 4 is 5.78 Å². The van der Waals surface area contributed by atoms with Crippen LogP contribution >= 0.6 is 0 Å². The Morgan fingerprint density at radius 2 is 1.81 bits per heavy atom. The topological polar surface area (TPSA) is 29.1 Å². The van der Waals surface area contributed by atoms with Crippen LogP contribution < -0.4 is 5.32 Å². The summed E-state index contributed by atoms with van der Waals surface area (Å²) in [5, 5.41) is 3.34. The van der Waals surface area contributed by atoms with Crippen molar-refractivity contribution in [2.24, 2.45) is 0 Å². The average molecular weight is 223 g/mol. The van der Waals surface area contributed by atoms with Gasteiger partial charge in [-0.3, -0.25) is 4.79 Å². The number of carbonyl (C=O) groups excluding carboxylic acids is 1. The molecule has 0 aliphatic rings. The van der Waals surface area contributed by atoms with E-state index < -0.39 is 0 Å². The van der Waals surface area contributed by atoms with Gasteiger partial charge in [0.25, 0.3) is 0 Å². The summed E-state index contributed by atoms with van der Waals surface area (Å²) in [6.07, 6.45) is 7.74. The molecule has 92 valence electrons.